The zero-order valence-corrected chi connectivity index (χ0v) is 20.5. The van der Waals surface area contributed by atoms with Crippen LogP contribution in [0.4, 0.5) is 11.4 Å². The molecule has 0 atom stereocenters. The Labute approximate surface area is 207 Å². The Bertz CT molecular complexity index is 1650. The number of hydrogen-bond donors (Lipinski definition) is 1. The molecule has 0 amide bonds. The summed E-state index contributed by atoms with van der Waals surface area (Å²) >= 11 is 6.28. The largest absolute Gasteiger partial charge is 0.362 e. The Balaban J connectivity index is 1.42. The van der Waals surface area contributed by atoms with E-state index in [-0.39, 0.29) is 28.8 Å². The van der Waals surface area contributed by atoms with Gasteiger partial charge in [0.1, 0.15) is 4.90 Å². The van der Waals surface area contributed by atoms with Crippen molar-refractivity contribution in [3.8, 4) is 11.4 Å². The second-order valence-corrected chi connectivity index (χ2v) is 11.7. The summed E-state index contributed by atoms with van der Waals surface area (Å²) in [5, 5.41) is 0.793. The molecule has 0 aliphatic carbocycles. The molecule has 0 bridgehead atoms. The van der Waals surface area contributed by atoms with Crippen LogP contribution in [0.15, 0.2) is 77.8 Å². The molecule has 0 saturated carbocycles. The fraction of sp³-hybridized carbons (Fsp3) is 0.130. The predicted molar refractivity (Wildman–Crippen MR) is 134 cm³/mol. The number of benzene rings is 3. The summed E-state index contributed by atoms with van der Waals surface area (Å²) in [5.74, 6) is 0.0163. The van der Waals surface area contributed by atoms with Gasteiger partial charge in [0, 0.05) is 22.8 Å². The maximum atomic E-state index is 13.1. The van der Waals surface area contributed by atoms with Crippen molar-refractivity contribution in [2.75, 3.05) is 28.1 Å². The summed E-state index contributed by atoms with van der Waals surface area (Å²) < 4.78 is 59.3. The monoisotopic (exact) mass is 530 g/mol. The number of sulfonamides is 2. The number of nitrogens with zero attached hydrogens (tertiary/aromatic N) is 3. The lowest BCUT2D eigenvalue weighted by molar-refractivity contribution is 0.175. The molecule has 0 unspecified atom stereocenters. The number of nitrogens with one attached hydrogen (secondary N) is 1. The molecule has 3 aromatic carbocycles. The van der Waals surface area contributed by atoms with Gasteiger partial charge in [0.2, 0.25) is 0 Å². The van der Waals surface area contributed by atoms with Crippen molar-refractivity contribution in [1.29, 1.82) is 0 Å². The zero-order chi connectivity index (χ0) is 24.6. The van der Waals surface area contributed by atoms with Crippen LogP contribution in [0.1, 0.15) is 0 Å². The smallest absolute Gasteiger partial charge is 0.263 e. The minimum Gasteiger partial charge on any atom is -0.362 e. The highest BCUT2D eigenvalue weighted by Crippen LogP contribution is 2.31. The number of ether oxygens (including phenoxy) is 1. The van der Waals surface area contributed by atoms with E-state index in [2.05, 4.69) is 14.7 Å². The lowest BCUT2D eigenvalue weighted by atomic mass is 10.2. The molecule has 12 heteroatoms. The Kier molecular flexibility index (Phi) is 6.09. The van der Waals surface area contributed by atoms with Gasteiger partial charge in [0.15, 0.2) is 11.8 Å². The van der Waals surface area contributed by atoms with E-state index >= 15 is 0 Å². The quantitative estimate of drug-likeness (QED) is 0.416. The molecule has 180 valence electrons. The van der Waals surface area contributed by atoms with Gasteiger partial charge < -0.3 is 4.74 Å². The third kappa shape index (κ3) is 4.80. The van der Waals surface area contributed by atoms with E-state index in [1.165, 1.54) is 18.2 Å². The first-order chi connectivity index (χ1) is 16.7. The molecular weight excluding hydrogens is 512 g/mol. The van der Waals surface area contributed by atoms with Gasteiger partial charge in [-0.15, -0.1) is 0 Å². The van der Waals surface area contributed by atoms with E-state index in [0.717, 1.165) is 15.2 Å². The molecule has 1 aliphatic rings. The lowest BCUT2D eigenvalue weighted by Gasteiger charge is -2.28. The second-order valence-electron chi connectivity index (χ2n) is 7.76. The highest BCUT2D eigenvalue weighted by atomic mass is 35.5. The van der Waals surface area contributed by atoms with Gasteiger partial charge in [-0.3, -0.25) is 9.03 Å². The molecule has 0 spiro atoms. The molecule has 35 heavy (non-hydrogen) atoms. The van der Waals surface area contributed by atoms with Crippen LogP contribution < -0.4 is 9.03 Å². The Morgan fingerprint density at radius 1 is 1.03 bits per heavy atom. The van der Waals surface area contributed by atoms with Crippen molar-refractivity contribution in [3.63, 3.8) is 0 Å². The van der Waals surface area contributed by atoms with Crippen molar-refractivity contribution in [1.82, 2.24) is 9.97 Å². The van der Waals surface area contributed by atoms with Crippen molar-refractivity contribution in [2.24, 2.45) is 0 Å². The Hall–Kier alpha value is -3.25. The van der Waals surface area contributed by atoms with Crippen molar-refractivity contribution >= 4 is 53.9 Å². The number of halogens is 1. The SMILES string of the molecule is O=S(=O)(Nc1cccc(-c2ncc3ccccc3n2)c1)c1ccc(N2CCOCS2(=O)=O)cc1Cl. The normalized spacial score (nSPS) is 15.7. The van der Waals surface area contributed by atoms with Gasteiger partial charge in [-0.1, -0.05) is 41.9 Å². The summed E-state index contributed by atoms with van der Waals surface area (Å²) in [6, 6.07) is 18.3. The molecule has 2 heterocycles. The number of rotatable bonds is 5. The number of hydrogen-bond acceptors (Lipinski definition) is 7. The van der Waals surface area contributed by atoms with Crippen molar-refractivity contribution < 1.29 is 21.6 Å². The number of anilines is 2. The fourth-order valence-electron chi connectivity index (χ4n) is 3.71. The molecule has 5 rings (SSSR count). The third-order valence-electron chi connectivity index (χ3n) is 5.36. The van der Waals surface area contributed by atoms with Crippen LogP contribution >= 0.6 is 11.6 Å². The molecule has 1 fully saturated rings. The molecule has 4 aromatic rings. The van der Waals surface area contributed by atoms with Crippen LogP contribution in [0.3, 0.4) is 0 Å². The van der Waals surface area contributed by atoms with Gasteiger partial charge >= 0.3 is 0 Å². The first-order valence-corrected chi connectivity index (χ1v) is 13.9. The average Bonchev–Trinajstić information content (AvgIpc) is 2.83. The molecule has 9 nitrogen and oxygen atoms in total. The summed E-state index contributed by atoms with van der Waals surface area (Å²) in [7, 11) is -7.73. The van der Waals surface area contributed by atoms with E-state index < -0.39 is 26.0 Å². The minimum atomic E-state index is -4.07. The van der Waals surface area contributed by atoms with E-state index in [1.807, 2.05) is 24.3 Å². The van der Waals surface area contributed by atoms with Crippen LogP contribution in [0, 0.1) is 0 Å². The van der Waals surface area contributed by atoms with Crippen LogP contribution in [0.5, 0.6) is 0 Å². The van der Waals surface area contributed by atoms with Crippen molar-refractivity contribution in [3.05, 3.63) is 77.9 Å². The molecule has 1 aromatic heterocycles. The summed E-state index contributed by atoms with van der Waals surface area (Å²) in [4.78, 5) is 8.75. The molecule has 1 aliphatic heterocycles. The second kappa shape index (κ2) is 9.08. The third-order valence-corrected chi connectivity index (χ3v) is 8.76. The highest BCUT2D eigenvalue weighted by molar-refractivity contribution is 7.93. The topological polar surface area (TPSA) is 119 Å². The Morgan fingerprint density at radius 2 is 1.86 bits per heavy atom. The van der Waals surface area contributed by atoms with Gasteiger partial charge in [0.05, 0.1) is 29.4 Å². The minimum absolute atomic E-state index is 0.106. The number of fused-ring (bicyclic) bond motifs is 1. The fourth-order valence-corrected chi connectivity index (χ4v) is 6.54. The number of aromatic nitrogens is 2. The van der Waals surface area contributed by atoms with Gasteiger partial charge in [-0.05, 0) is 36.4 Å². The molecule has 0 radical (unpaired) electrons. The first-order valence-electron chi connectivity index (χ1n) is 10.5. The number of para-hydroxylation sites is 1. The lowest BCUT2D eigenvalue weighted by Crippen LogP contribution is -2.41. The summed E-state index contributed by atoms with van der Waals surface area (Å²) in [6.45, 7) is 0.350. The zero-order valence-electron chi connectivity index (χ0n) is 18.1. The van der Waals surface area contributed by atoms with Gasteiger partial charge in [-0.2, -0.15) is 0 Å². The summed E-state index contributed by atoms with van der Waals surface area (Å²) in [6.07, 6.45) is 1.71. The van der Waals surface area contributed by atoms with Crippen LogP contribution in [0.25, 0.3) is 22.3 Å². The highest BCUT2D eigenvalue weighted by Gasteiger charge is 2.28. The van der Waals surface area contributed by atoms with E-state index in [9.17, 15) is 16.8 Å². The molecule has 1 saturated heterocycles. The van der Waals surface area contributed by atoms with E-state index in [1.54, 1.807) is 30.5 Å². The van der Waals surface area contributed by atoms with E-state index in [4.69, 9.17) is 16.3 Å². The van der Waals surface area contributed by atoms with Crippen molar-refractivity contribution in [2.45, 2.75) is 4.90 Å². The molecular formula is C23H19ClN4O5S2. The summed E-state index contributed by atoms with van der Waals surface area (Å²) in [5.41, 5.74) is 1.98. The predicted octanol–water partition coefficient (Wildman–Crippen LogP) is 3.87. The average molecular weight is 531 g/mol. The maximum Gasteiger partial charge on any atom is 0.263 e. The van der Waals surface area contributed by atoms with Crippen LogP contribution in [-0.2, 0) is 24.8 Å². The van der Waals surface area contributed by atoms with Gasteiger partial charge in [0.25, 0.3) is 20.0 Å². The maximum absolute atomic E-state index is 13.1. The molecule has 1 N–H and O–H groups in total. The Morgan fingerprint density at radius 3 is 2.66 bits per heavy atom. The first kappa shape index (κ1) is 23.5. The van der Waals surface area contributed by atoms with Crippen LogP contribution in [0.2, 0.25) is 5.02 Å². The van der Waals surface area contributed by atoms with E-state index in [0.29, 0.717) is 17.1 Å². The van der Waals surface area contributed by atoms with Gasteiger partial charge in [-0.25, -0.2) is 26.8 Å². The van der Waals surface area contributed by atoms with Crippen LogP contribution in [-0.4, -0.2) is 45.9 Å². The standard InChI is InChI=1S/C23H19ClN4O5S2/c24-20-13-19(28-10-11-33-15-34(28,29)30)8-9-22(20)35(31,32)27-18-6-3-5-16(12-18)23-25-14-17-4-1-2-7-21(17)26-23/h1-9,12-14,27H,10-11,15H2.